The Morgan fingerprint density at radius 2 is 1.95 bits per heavy atom. The van der Waals surface area contributed by atoms with Crippen LogP contribution in [-0.4, -0.2) is 22.3 Å². The summed E-state index contributed by atoms with van der Waals surface area (Å²) in [6.07, 6.45) is 10.3. The van der Waals surface area contributed by atoms with Crippen LogP contribution in [0.2, 0.25) is 0 Å². The van der Waals surface area contributed by atoms with Gasteiger partial charge in [-0.1, -0.05) is 11.2 Å². The predicted molar refractivity (Wildman–Crippen MR) is 70.3 cm³/mol. The van der Waals surface area contributed by atoms with Crippen LogP contribution in [-0.2, 0) is 9.63 Å². The van der Waals surface area contributed by atoms with Crippen LogP contribution < -0.4 is 0 Å². The van der Waals surface area contributed by atoms with Gasteiger partial charge in [-0.05, 0) is 30.4 Å². The molecule has 0 unspecified atom stereocenters. The number of hydrogen-bond donors (Lipinski definition) is 1. The van der Waals surface area contributed by atoms with Crippen LogP contribution in [0.4, 0.5) is 0 Å². The molecular weight excluding hydrogens is 244 g/mol. The summed E-state index contributed by atoms with van der Waals surface area (Å²) in [5, 5.41) is 12.3. The molecule has 0 bridgehead atoms. The van der Waals surface area contributed by atoms with Crippen LogP contribution in [0.15, 0.2) is 70.9 Å². The minimum absolute atomic E-state index is 0.369. The maximum Gasteiger partial charge on any atom is 0.331 e. The first-order chi connectivity index (χ1) is 9.27. The Bertz CT molecular complexity index is 545. The first-order valence-electron chi connectivity index (χ1n) is 5.66. The molecule has 1 aromatic rings. The second kappa shape index (κ2) is 6.30. The number of pyridine rings is 1. The SMILES string of the molecule is O=C(O)C1=CC=C2ON=CC=C2C1.c1ccncc1. The van der Waals surface area contributed by atoms with Gasteiger partial charge in [0, 0.05) is 30.0 Å². The Hall–Kier alpha value is -2.69. The molecule has 3 rings (SSSR count). The highest BCUT2D eigenvalue weighted by molar-refractivity contribution is 5.89. The minimum Gasteiger partial charge on any atom is -0.478 e. The first-order valence-corrected chi connectivity index (χ1v) is 5.66. The standard InChI is InChI=1S/C9H7NO3.C5H5N/c11-9(12)7-1-2-8-6(5-7)3-4-10-13-8;1-2-4-6-5-3-1/h1-4H,5H2,(H,11,12);1-5H. The lowest BCUT2D eigenvalue weighted by atomic mass is 9.98. The molecule has 2 aliphatic rings. The van der Waals surface area contributed by atoms with Crippen molar-refractivity contribution < 1.29 is 14.7 Å². The van der Waals surface area contributed by atoms with Gasteiger partial charge in [-0.15, -0.1) is 0 Å². The number of oxime groups is 1. The summed E-state index contributed by atoms with van der Waals surface area (Å²) in [7, 11) is 0. The fourth-order valence-electron chi connectivity index (χ4n) is 1.53. The molecule has 1 aromatic heterocycles. The molecule has 19 heavy (non-hydrogen) atoms. The number of carboxylic acid groups (broad SMARTS) is 1. The van der Waals surface area contributed by atoms with Gasteiger partial charge in [0.05, 0.1) is 6.21 Å². The lowest BCUT2D eigenvalue weighted by Crippen LogP contribution is -2.08. The molecule has 0 aromatic carbocycles. The number of aliphatic carboxylic acids is 1. The van der Waals surface area contributed by atoms with Gasteiger partial charge < -0.3 is 9.94 Å². The summed E-state index contributed by atoms with van der Waals surface area (Å²) in [5.41, 5.74) is 1.23. The maximum absolute atomic E-state index is 10.6. The summed E-state index contributed by atoms with van der Waals surface area (Å²) < 4.78 is 0. The molecule has 0 fully saturated rings. The Labute approximate surface area is 110 Å². The van der Waals surface area contributed by atoms with E-state index in [0.29, 0.717) is 17.8 Å². The highest BCUT2D eigenvalue weighted by Gasteiger charge is 2.19. The third-order valence-electron chi connectivity index (χ3n) is 2.46. The normalized spacial score (nSPS) is 15.7. The number of hydrogen-bond acceptors (Lipinski definition) is 4. The molecule has 1 aliphatic carbocycles. The number of aromatic nitrogens is 1. The maximum atomic E-state index is 10.6. The summed E-state index contributed by atoms with van der Waals surface area (Å²) in [6.45, 7) is 0. The predicted octanol–water partition coefficient (Wildman–Crippen LogP) is 2.31. The summed E-state index contributed by atoms with van der Waals surface area (Å²) in [5.74, 6) is -0.258. The van der Waals surface area contributed by atoms with Crippen LogP contribution in [0.5, 0.6) is 0 Å². The molecule has 0 saturated carbocycles. The van der Waals surface area contributed by atoms with Crippen LogP contribution in [0.3, 0.4) is 0 Å². The van der Waals surface area contributed by atoms with E-state index in [0.717, 1.165) is 5.57 Å². The molecular formula is C14H12N2O3. The molecule has 96 valence electrons. The molecule has 1 aliphatic heterocycles. The summed E-state index contributed by atoms with van der Waals surface area (Å²) >= 11 is 0. The van der Waals surface area contributed by atoms with Crippen molar-refractivity contribution in [1.82, 2.24) is 4.98 Å². The smallest absolute Gasteiger partial charge is 0.331 e. The van der Waals surface area contributed by atoms with E-state index in [2.05, 4.69) is 10.1 Å². The molecule has 5 heteroatoms. The first kappa shape index (κ1) is 12.8. The molecule has 0 spiro atoms. The van der Waals surface area contributed by atoms with Crippen molar-refractivity contribution in [2.75, 3.05) is 0 Å². The number of carboxylic acids is 1. The Morgan fingerprint density at radius 3 is 2.53 bits per heavy atom. The van der Waals surface area contributed by atoms with Crippen LogP contribution >= 0.6 is 0 Å². The van der Waals surface area contributed by atoms with Crippen molar-refractivity contribution in [2.24, 2.45) is 5.16 Å². The highest BCUT2D eigenvalue weighted by Crippen LogP contribution is 2.26. The van der Waals surface area contributed by atoms with E-state index in [1.54, 1.807) is 24.5 Å². The molecule has 0 saturated heterocycles. The van der Waals surface area contributed by atoms with Gasteiger partial charge in [0.15, 0.2) is 5.76 Å². The highest BCUT2D eigenvalue weighted by atomic mass is 16.6. The van der Waals surface area contributed by atoms with Crippen molar-refractivity contribution in [3.63, 3.8) is 0 Å². The number of nitrogens with zero attached hydrogens (tertiary/aromatic N) is 2. The van der Waals surface area contributed by atoms with E-state index in [-0.39, 0.29) is 0 Å². The average molecular weight is 256 g/mol. The molecule has 0 radical (unpaired) electrons. The van der Waals surface area contributed by atoms with Gasteiger partial charge in [-0.25, -0.2) is 4.79 Å². The Kier molecular flexibility index (Phi) is 4.23. The number of allylic oxidation sites excluding steroid dienone is 4. The second-order valence-electron chi connectivity index (χ2n) is 3.77. The zero-order chi connectivity index (χ0) is 13.5. The van der Waals surface area contributed by atoms with Gasteiger partial charge in [0.1, 0.15) is 0 Å². The molecule has 5 nitrogen and oxygen atoms in total. The average Bonchev–Trinajstić information content (AvgIpc) is 2.49. The zero-order valence-corrected chi connectivity index (χ0v) is 10.1. The van der Waals surface area contributed by atoms with E-state index in [1.807, 2.05) is 18.2 Å². The van der Waals surface area contributed by atoms with Gasteiger partial charge in [-0.2, -0.15) is 0 Å². The van der Waals surface area contributed by atoms with Crippen molar-refractivity contribution in [3.8, 4) is 0 Å². The number of carbonyl (C=O) groups is 1. The van der Waals surface area contributed by atoms with Crippen molar-refractivity contribution >= 4 is 12.2 Å². The van der Waals surface area contributed by atoms with E-state index in [9.17, 15) is 4.79 Å². The van der Waals surface area contributed by atoms with Crippen LogP contribution in [0.1, 0.15) is 6.42 Å². The largest absolute Gasteiger partial charge is 0.478 e. The van der Waals surface area contributed by atoms with Crippen molar-refractivity contribution in [1.29, 1.82) is 0 Å². The third kappa shape index (κ3) is 3.64. The summed E-state index contributed by atoms with van der Waals surface area (Å²) in [4.78, 5) is 19.3. The van der Waals surface area contributed by atoms with Crippen molar-refractivity contribution in [3.05, 3.63) is 65.7 Å². The van der Waals surface area contributed by atoms with Crippen LogP contribution in [0.25, 0.3) is 0 Å². The van der Waals surface area contributed by atoms with Crippen molar-refractivity contribution in [2.45, 2.75) is 6.42 Å². The molecule has 2 heterocycles. The van der Waals surface area contributed by atoms with E-state index >= 15 is 0 Å². The lowest BCUT2D eigenvalue weighted by molar-refractivity contribution is -0.132. The van der Waals surface area contributed by atoms with Gasteiger partial charge in [0.2, 0.25) is 0 Å². The van der Waals surface area contributed by atoms with E-state index in [4.69, 9.17) is 9.94 Å². The van der Waals surface area contributed by atoms with E-state index in [1.165, 1.54) is 12.3 Å². The third-order valence-corrected chi connectivity index (χ3v) is 2.46. The van der Waals surface area contributed by atoms with E-state index < -0.39 is 5.97 Å². The summed E-state index contributed by atoms with van der Waals surface area (Å²) in [6, 6.07) is 5.72. The fourth-order valence-corrected chi connectivity index (χ4v) is 1.53. The van der Waals surface area contributed by atoms with Crippen LogP contribution in [0, 0.1) is 0 Å². The minimum atomic E-state index is -0.890. The lowest BCUT2D eigenvalue weighted by Gasteiger charge is -2.15. The quantitative estimate of drug-likeness (QED) is 0.836. The monoisotopic (exact) mass is 256 g/mol. The van der Waals surface area contributed by atoms with Gasteiger partial charge in [-0.3, -0.25) is 4.98 Å². The molecule has 1 N–H and O–H groups in total. The molecule has 0 atom stereocenters. The zero-order valence-electron chi connectivity index (χ0n) is 10.1. The Morgan fingerprint density at radius 1 is 1.16 bits per heavy atom. The Balaban J connectivity index is 0.000000186. The number of rotatable bonds is 1. The number of fused-ring (bicyclic) bond motifs is 1. The second-order valence-corrected chi connectivity index (χ2v) is 3.77. The van der Waals surface area contributed by atoms with Gasteiger partial charge >= 0.3 is 5.97 Å². The van der Waals surface area contributed by atoms with Gasteiger partial charge in [0.25, 0.3) is 0 Å². The fraction of sp³-hybridized carbons (Fsp3) is 0.0714. The topological polar surface area (TPSA) is 71.8 Å². The molecule has 0 amide bonds.